The number of nitrogens with zero attached hydrogens (tertiary/aromatic N) is 1. The minimum atomic E-state index is -0.364. The van der Waals surface area contributed by atoms with Crippen LogP contribution in [0.2, 0.25) is 0 Å². The van der Waals surface area contributed by atoms with Gasteiger partial charge < -0.3 is 16.4 Å². The van der Waals surface area contributed by atoms with Crippen LogP contribution in [0.5, 0.6) is 0 Å². The molecule has 2 atom stereocenters. The van der Waals surface area contributed by atoms with Crippen LogP contribution in [0.1, 0.15) is 36.0 Å². The van der Waals surface area contributed by atoms with Crippen LogP contribution in [-0.4, -0.2) is 24.0 Å². The normalized spacial score (nSPS) is 29.6. The number of carbonyl (C=O) groups excluding carboxylic acids is 1. The van der Waals surface area contributed by atoms with E-state index in [1.54, 1.807) is 6.07 Å². The summed E-state index contributed by atoms with van der Waals surface area (Å²) in [7, 11) is 0. The molecule has 0 saturated carbocycles. The Hall–Kier alpha value is -1.07. The Labute approximate surface area is 121 Å². The third-order valence-corrected chi connectivity index (χ3v) is 4.77. The highest BCUT2D eigenvalue weighted by Gasteiger charge is 2.40. The minimum absolute atomic E-state index is 0.290. The average Bonchev–Trinajstić information content (AvgIpc) is 2.61. The van der Waals surface area contributed by atoms with Crippen LogP contribution in [-0.2, 0) is 0 Å². The lowest BCUT2D eigenvalue weighted by molar-refractivity contribution is 0.100. The van der Waals surface area contributed by atoms with Gasteiger partial charge in [-0.1, -0.05) is 15.9 Å². The lowest BCUT2D eigenvalue weighted by Crippen LogP contribution is -2.48. The Morgan fingerprint density at radius 1 is 1.26 bits per heavy atom. The molecule has 2 aliphatic rings. The highest BCUT2D eigenvalue weighted by atomic mass is 79.9. The molecular weight excluding hydrogens is 306 g/mol. The van der Waals surface area contributed by atoms with Crippen LogP contribution in [0.4, 0.5) is 5.69 Å². The highest BCUT2D eigenvalue weighted by Crippen LogP contribution is 2.40. The smallest absolute Gasteiger partial charge is 0.250 e. The van der Waals surface area contributed by atoms with Crippen molar-refractivity contribution in [3.05, 3.63) is 28.2 Å². The first-order valence-corrected chi connectivity index (χ1v) is 7.49. The van der Waals surface area contributed by atoms with Crippen molar-refractivity contribution in [1.29, 1.82) is 0 Å². The van der Waals surface area contributed by atoms with E-state index in [1.807, 2.05) is 12.1 Å². The molecule has 0 radical (unpaired) electrons. The first-order chi connectivity index (χ1) is 9.06. The number of benzene rings is 1. The van der Waals surface area contributed by atoms with Crippen molar-refractivity contribution < 1.29 is 4.79 Å². The maximum Gasteiger partial charge on any atom is 0.250 e. The van der Waals surface area contributed by atoms with Gasteiger partial charge in [-0.3, -0.25) is 4.79 Å². The number of fused-ring (bicyclic) bond motifs is 2. The fourth-order valence-corrected chi connectivity index (χ4v) is 3.89. The van der Waals surface area contributed by atoms with E-state index < -0.39 is 0 Å². The van der Waals surface area contributed by atoms with Crippen LogP contribution in [0.15, 0.2) is 22.7 Å². The molecule has 102 valence electrons. The predicted octanol–water partition coefficient (Wildman–Crippen LogP) is 2.01. The van der Waals surface area contributed by atoms with Crippen molar-refractivity contribution in [1.82, 2.24) is 0 Å². The maximum absolute atomic E-state index is 11.6. The summed E-state index contributed by atoms with van der Waals surface area (Å²) < 4.78 is 0.974. The van der Waals surface area contributed by atoms with Crippen molar-refractivity contribution in [2.75, 3.05) is 4.90 Å². The molecule has 0 spiro atoms. The quantitative estimate of drug-likeness (QED) is 0.874. The third kappa shape index (κ3) is 2.25. The first kappa shape index (κ1) is 12.9. The molecular formula is C14H18BrN3O. The second-order valence-corrected chi connectivity index (χ2v) is 6.47. The summed E-state index contributed by atoms with van der Waals surface area (Å²) in [6.45, 7) is 0. The van der Waals surface area contributed by atoms with Crippen molar-refractivity contribution in [2.45, 2.75) is 43.8 Å². The number of amides is 1. The van der Waals surface area contributed by atoms with Gasteiger partial charge in [0.15, 0.2) is 0 Å². The molecule has 2 heterocycles. The van der Waals surface area contributed by atoms with E-state index in [9.17, 15) is 4.79 Å². The fourth-order valence-electron chi connectivity index (χ4n) is 3.54. The van der Waals surface area contributed by atoms with Crippen LogP contribution in [0.25, 0.3) is 0 Å². The van der Waals surface area contributed by atoms with Gasteiger partial charge in [-0.2, -0.15) is 0 Å². The molecule has 1 amide bonds. The molecule has 2 unspecified atom stereocenters. The Balaban J connectivity index is 2.03. The number of halogens is 1. The molecule has 4 N–H and O–H groups in total. The van der Waals surface area contributed by atoms with Crippen molar-refractivity contribution in [3.8, 4) is 0 Å². The van der Waals surface area contributed by atoms with E-state index in [1.165, 1.54) is 0 Å². The molecule has 0 aliphatic carbocycles. The number of piperidine rings is 1. The van der Waals surface area contributed by atoms with Gasteiger partial charge in [-0.05, 0) is 43.9 Å². The summed E-state index contributed by atoms with van der Waals surface area (Å²) in [4.78, 5) is 14.0. The van der Waals surface area contributed by atoms with Crippen LogP contribution < -0.4 is 16.4 Å². The van der Waals surface area contributed by atoms with Crippen molar-refractivity contribution in [2.24, 2.45) is 11.5 Å². The van der Waals surface area contributed by atoms with E-state index in [2.05, 4.69) is 20.8 Å². The van der Waals surface area contributed by atoms with E-state index in [4.69, 9.17) is 11.5 Å². The molecule has 0 aromatic heterocycles. The lowest BCUT2D eigenvalue weighted by Gasteiger charge is -2.40. The number of anilines is 1. The van der Waals surface area contributed by atoms with Crippen molar-refractivity contribution >= 4 is 27.5 Å². The topological polar surface area (TPSA) is 72.4 Å². The zero-order valence-corrected chi connectivity index (χ0v) is 12.3. The standard InChI is InChI=1S/C14H18BrN3O/c15-8-1-4-12(14(17)19)13(5-8)18-10-2-3-11(18)7-9(16)6-10/h1,4-5,9-11H,2-3,6-7,16H2,(H2,17,19). The molecule has 2 bridgehead atoms. The van der Waals surface area contributed by atoms with Gasteiger partial charge in [0.2, 0.25) is 0 Å². The number of hydrogen-bond acceptors (Lipinski definition) is 3. The summed E-state index contributed by atoms with van der Waals surface area (Å²) in [5.74, 6) is -0.364. The Bertz CT molecular complexity index is 505. The molecule has 2 saturated heterocycles. The van der Waals surface area contributed by atoms with Gasteiger partial charge in [0.1, 0.15) is 0 Å². The number of carbonyl (C=O) groups is 1. The van der Waals surface area contributed by atoms with E-state index in [0.29, 0.717) is 17.6 Å². The summed E-state index contributed by atoms with van der Waals surface area (Å²) in [5.41, 5.74) is 13.2. The van der Waals surface area contributed by atoms with Crippen LogP contribution in [0.3, 0.4) is 0 Å². The fraction of sp³-hybridized carbons (Fsp3) is 0.500. The van der Waals surface area contributed by atoms with Gasteiger partial charge in [-0.15, -0.1) is 0 Å². The van der Waals surface area contributed by atoms with Gasteiger partial charge in [-0.25, -0.2) is 0 Å². The zero-order chi connectivity index (χ0) is 13.6. The van der Waals surface area contributed by atoms with Crippen LogP contribution in [0, 0.1) is 0 Å². The molecule has 4 nitrogen and oxygen atoms in total. The Kier molecular flexibility index (Phi) is 3.27. The SMILES string of the molecule is NC(=O)c1ccc(Br)cc1N1C2CCC1CC(N)C2. The average molecular weight is 324 g/mol. The second kappa shape index (κ2) is 4.80. The Morgan fingerprint density at radius 2 is 1.89 bits per heavy atom. The van der Waals surface area contributed by atoms with E-state index >= 15 is 0 Å². The number of primary amides is 1. The lowest BCUT2D eigenvalue weighted by atomic mass is 9.96. The summed E-state index contributed by atoms with van der Waals surface area (Å²) in [6.07, 6.45) is 4.31. The summed E-state index contributed by atoms with van der Waals surface area (Å²) in [6, 6.07) is 6.85. The van der Waals surface area contributed by atoms with E-state index in [0.717, 1.165) is 35.8 Å². The van der Waals surface area contributed by atoms with E-state index in [-0.39, 0.29) is 11.9 Å². The molecule has 2 aliphatic heterocycles. The van der Waals surface area contributed by atoms with Gasteiger partial charge in [0.25, 0.3) is 5.91 Å². The largest absolute Gasteiger partial charge is 0.366 e. The number of rotatable bonds is 2. The highest BCUT2D eigenvalue weighted by molar-refractivity contribution is 9.10. The maximum atomic E-state index is 11.6. The zero-order valence-electron chi connectivity index (χ0n) is 10.7. The second-order valence-electron chi connectivity index (χ2n) is 5.55. The molecule has 3 rings (SSSR count). The molecule has 1 aromatic rings. The molecule has 19 heavy (non-hydrogen) atoms. The van der Waals surface area contributed by atoms with Gasteiger partial charge >= 0.3 is 0 Å². The Morgan fingerprint density at radius 3 is 2.47 bits per heavy atom. The monoisotopic (exact) mass is 323 g/mol. The molecule has 5 heteroatoms. The number of hydrogen-bond donors (Lipinski definition) is 2. The minimum Gasteiger partial charge on any atom is -0.366 e. The van der Waals surface area contributed by atoms with Gasteiger partial charge in [0.05, 0.1) is 11.3 Å². The first-order valence-electron chi connectivity index (χ1n) is 6.69. The van der Waals surface area contributed by atoms with Crippen LogP contribution >= 0.6 is 15.9 Å². The third-order valence-electron chi connectivity index (χ3n) is 4.27. The summed E-state index contributed by atoms with van der Waals surface area (Å²) >= 11 is 3.48. The summed E-state index contributed by atoms with van der Waals surface area (Å²) in [5, 5.41) is 0. The van der Waals surface area contributed by atoms with Gasteiger partial charge in [0, 0.05) is 22.6 Å². The van der Waals surface area contributed by atoms with Crippen molar-refractivity contribution in [3.63, 3.8) is 0 Å². The number of nitrogens with two attached hydrogens (primary N) is 2. The molecule has 1 aromatic carbocycles. The molecule has 2 fully saturated rings. The predicted molar refractivity (Wildman–Crippen MR) is 79.2 cm³/mol.